The summed E-state index contributed by atoms with van der Waals surface area (Å²) in [6, 6.07) is 12.6. The van der Waals surface area contributed by atoms with Gasteiger partial charge < -0.3 is 15.1 Å². The van der Waals surface area contributed by atoms with Gasteiger partial charge in [0.15, 0.2) is 11.6 Å². The minimum absolute atomic E-state index is 0.152. The van der Waals surface area contributed by atoms with E-state index in [1.807, 2.05) is 18.2 Å². The van der Waals surface area contributed by atoms with E-state index in [9.17, 15) is 0 Å². The molecule has 2 aliphatic heterocycles. The van der Waals surface area contributed by atoms with Crippen LogP contribution in [0, 0.1) is 17.2 Å². The zero-order chi connectivity index (χ0) is 20.5. The molecule has 2 aliphatic rings. The molecule has 0 radical (unpaired) electrons. The Morgan fingerprint density at radius 3 is 2.60 bits per heavy atom. The fraction of sp³-hybridized carbons (Fsp3) is 0.364. The van der Waals surface area contributed by atoms with Crippen LogP contribution in [0.1, 0.15) is 12.8 Å². The highest BCUT2D eigenvalue weighted by atomic mass is 35.5. The molecule has 0 spiro atoms. The maximum atomic E-state index is 9.13. The van der Waals surface area contributed by atoms with Gasteiger partial charge in [0.2, 0.25) is 0 Å². The number of benzene rings is 1. The van der Waals surface area contributed by atoms with Gasteiger partial charge in [0.05, 0.1) is 17.6 Å². The number of pyridine rings is 1. The Morgan fingerprint density at radius 1 is 1.03 bits per heavy atom. The predicted molar refractivity (Wildman–Crippen MR) is 119 cm³/mol. The van der Waals surface area contributed by atoms with Gasteiger partial charge in [0.1, 0.15) is 5.82 Å². The zero-order valence-electron chi connectivity index (χ0n) is 16.5. The number of anilines is 3. The monoisotopic (exact) mass is 419 g/mol. The number of fused-ring (bicyclic) bond motifs is 1. The molecule has 2 saturated heterocycles. The Bertz CT molecular complexity index is 1100. The molecule has 7 nitrogen and oxygen atoms in total. The number of hydrogen-bond donors (Lipinski definition) is 1. The first-order valence-corrected chi connectivity index (χ1v) is 10.6. The number of halogens is 1. The third-order valence-corrected chi connectivity index (χ3v) is 6.08. The minimum atomic E-state index is 0.152. The highest BCUT2D eigenvalue weighted by Gasteiger charge is 2.30. The molecule has 5 rings (SSSR count). The van der Waals surface area contributed by atoms with Crippen LogP contribution in [0.5, 0.6) is 0 Å². The Hall–Kier alpha value is -3.11. The summed E-state index contributed by atoms with van der Waals surface area (Å²) in [6.07, 6.45) is 5.20. The number of hydrogen-bond acceptors (Lipinski definition) is 7. The summed E-state index contributed by atoms with van der Waals surface area (Å²) in [4.78, 5) is 18.3. The fourth-order valence-corrected chi connectivity index (χ4v) is 4.26. The van der Waals surface area contributed by atoms with Crippen LogP contribution in [-0.4, -0.2) is 47.2 Å². The molecule has 0 atom stereocenters. The molecule has 0 unspecified atom stereocenters. The number of aromatic nitrogens is 3. The summed E-state index contributed by atoms with van der Waals surface area (Å²) in [5.74, 6) is 2.81. The van der Waals surface area contributed by atoms with Crippen molar-refractivity contribution in [1.82, 2.24) is 15.0 Å². The molecular weight excluding hydrogens is 398 g/mol. The SMILES string of the molecule is N#CC1CCN(c2nccnc2NC2CN(c3ccc4ccc(Cl)cc4n3)C2)CC1. The summed E-state index contributed by atoms with van der Waals surface area (Å²) in [5, 5.41) is 14.5. The van der Waals surface area contributed by atoms with Crippen molar-refractivity contribution in [3.05, 3.63) is 47.7 Å². The molecule has 152 valence electrons. The Kier molecular flexibility index (Phi) is 5.01. The van der Waals surface area contributed by atoms with Crippen molar-refractivity contribution in [2.24, 2.45) is 5.92 Å². The topological polar surface area (TPSA) is 81.0 Å². The molecule has 1 N–H and O–H groups in total. The number of nitrogens with zero attached hydrogens (tertiary/aromatic N) is 6. The van der Waals surface area contributed by atoms with E-state index >= 15 is 0 Å². The van der Waals surface area contributed by atoms with E-state index < -0.39 is 0 Å². The van der Waals surface area contributed by atoms with Crippen LogP contribution >= 0.6 is 11.6 Å². The molecule has 0 bridgehead atoms. The average molecular weight is 420 g/mol. The molecule has 0 saturated carbocycles. The van der Waals surface area contributed by atoms with Gasteiger partial charge in [-0.3, -0.25) is 0 Å². The lowest BCUT2D eigenvalue weighted by molar-refractivity contribution is 0.484. The Labute approximate surface area is 180 Å². The van der Waals surface area contributed by atoms with Gasteiger partial charge in [-0.05, 0) is 37.1 Å². The molecule has 30 heavy (non-hydrogen) atoms. The molecule has 1 aromatic carbocycles. The van der Waals surface area contributed by atoms with E-state index in [2.05, 4.69) is 43.3 Å². The quantitative estimate of drug-likeness (QED) is 0.690. The first-order valence-electron chi connectivity index (χ1n) is 10.2. The second-order valence-corrected chi connectivity index (χ2v) is 8.31. The van der Waals surface area contributed by atoms with Gasteiger partial charge in [-0.1, -0.05) is 17.7 Å². The summed E-state index contributed by atoms with van der Waals surface area (Å²) < 4.78 is 0. The first kappa shape index (κ1) is 18.9. The van der Waals surface area contributed by atoms with Crippen molar-refractivity contribution in [2.75, 3.05) is 41.3 Å². The third-order valence-electron chi connectivity index (χ3n) is 5.84. The predicted octanol–water partition coefficient (Wildman–Crippen LogP) is 3.72. The van der Waals surface area contributed by atoms with Gasteiger partial charge in [-0.15, -0.1) is 0 Å². The van der Waals surface area contributed by atoms with Crippen molar-refractivity contribution in [2.45, 2.75) is 18.9 Å². The Balaban J connectivity index is 1.24. The molecule has 0 aliphatic carbocycles. The van der Waals surface area contributed by atoms with Crippen molar-refractivity contribution in [3.63, 3.8) is 0 Å². The van der Waals surface area contributed by atoms with E-state index in [1.54, 1.807) is 12.4 Å². The molecular formula is C22H22ClN7. The average Bonchev–Trinajstić information content (AvgIpc) is 2.76. The van der Waals surface area contributed by atoms with E-state index in [-0.39, 0.29) is 12.0 Å². The largest absolute Gasteiger partial charge is 0.361 e. The van der Waals surface area contributed by atoms with Crippen LogP contribution in [-0.2, 0) is 0 Å². The normalized spacial score (nSPS) is 17.6. The lowest BCUT2D eigenvalue weighted by atomic mass is 9.99. The standard InChI is InChI=1S/C22H22ClN7/c23-17-3-1-16-2-4-20(28-19(16)11-17)30-13-18(14-30)27-21-22(26-8-7-25-21)29-9-5-15(12-24)6-10-29/h1-4,7-8,11,15,18H,5-6,9-10,13-14H2,(H,25,27). The lowest BCUT2D eigenvalue weighted by Crippen LogP contribution is -2.55. The molecule has 0 amide bonds. The second-order valence-electron chi connectivity index (χ2n) is 7.87. The summed E-state index contributed by atoms with van der Waals surface area (Å²) in [5.41, 5.74) is 0.911. The van der Waals surface area contributed by atoms with Gasteiger partial charge in [0.25, 0.3) is 0 Å². The molecule has 2 fully saturated rings. The highest BCUT2D eigenvalue weighted by molar-refractivity contribution is 6.31. The molecule has 8 heteroatoms. The van der Waals surface area contributed by atoms with E-state index in [0.29, 0.717) is 5.02 Å². The number of nitrogens with one attached hydrogen (secondary N) is 1. The lowest BCUT2D eigenvalue weighted by Gasteiger charge is -2.41. The highest BCUT2D eigenvalue weighted by Crippen LogP contribution is 2.29. The number of rotatable bonds is 4. The third kappa shape index (κ3) is 3.71. The van der Waals surface area contributed by atoms with Crippen LogP contribution in [0.2, 0.25) is 5.02 Å². The van der Waals surface area contributed by atoms with E-state index in [4.69, 9.17) is 21.8 Å². The maximum absolute atomic E-state index is 9.13. The van der Waals surface area contributed by atoms with Gasteiger partial charge >= 0.3 is 0 Å². The summed E-state index contributed by atoms with van der Waals surface area (Å²) in [7, 11) is 0. The molecule has 4 heterocycles. The first-order chi connectivity index (χ1) is 14.7. The van der Waals surface area contributed by atoms with E-state index in [0.717, 1.165) is 67.4 Å². The van der Waals surface area contributed by atoms with Crippen molar-refractivity contribution in [1.29, 1.82) is 5.26 Å². The van der Waals surface area contributed by atoms with E-state index in [1.165, 1.54) is 0 Å². The van der Waals surface area contributed by atoms with Crippen molar-refractivity contribution >= 4 is 40.0 Å². The number of nitriles is 1. The van der Waals surface area contributed by atoms with Crippen LogP contribution in [0.4, 0.5) is 17.5 Å². The summed E-state index contributed by atoms with van der Waals surface area (Å²) >= 11 is 6.11. The van der Waals surface area contributed by atoms with Crippen LogP contribution < -0.4 is 15.1 Å². The van der Waals surface area contributed by atoms with Crippen LogP contribution in [0.3, 0.4) is 0 Å². The van der Waals surface area contributed by atoms with Crippen LogP contribution in [0.25, 0.3) is 10.9 Å². The van der Waals surface area contributed by atoms with Crippen molar-refractivity contribution < 1.29 is 0 Å². The van der Waals surface area contributed by atoms with Gasteiger partial charge in [0, 0.05) is 54.9 Å². The molecule has 2 aromatic heterocycles. The maximum Gasteiger partial charge on any atom is 0.171 e. The summed E-state index contributed by atoms with van der Waals surface area (Å²) in [6.45, 7) is 3.38. The minimum Gasteiger partial charge on any atom is -0.361 e. The zero-order valence-corrected chi connectivity index (χ0v) is 17.3. The fourth-order valence-electron chi connectivity index (χ4n) is 4.09. The van der Waals surface area contributed by atoms with Gasteiger partial charge in [-0.2, -0.15) is 5.26 Å². The number of piperidine rings is 1. The van der Waals surface area contributed by atoms with Crippen molar-refractivity contribution in [3.8, 4) is 6.07 Å². The second kappa shape index (κ2) is 7.96. The van der Waals surface area contributed by atoms with Crippen LogP contribution in [0.15, 0.2) is 42.7 Å². The molecule has 3 aromatic rings. The smallest absolute Gasteiger partial charge is 0.171 e. The van der Waals surface area contributed by atoms with Gasteiger partial charge in [-0.25, -0.2) is 15.0 Å². The Morgan fingerprint density at radius 2 is 1.80 bits per heavy atom.